The van der Waals surface area contributed by atoms with Crippen molar-refractivity contribution >= 4 is 56.4 Å². The number of halogens is 3. The average molecular weight is 416 g/mol. The molecule has 0 aromatic heterocycles. The van der Waals surface area contributed by atoms with Crippen molar-refractivity contribution in [1.82, 2.24) is 0 Å². The molecule has 122 valence electrons. The lowest BCUT2D eigenvalue weighted by atomic mass is 10.1. The van der Waals surface area contributed by atoms with E-state index in [9.17, 15) is 4.79 Å². The van der Waals surface area contributed by atoms with Gasteiger partial charge in [0.15, 0.2) is 0 Å². The van der Waals surface area contributed by atoms with Crippen molar-refractivity contribution in [2.75, 3.05) is 35.1 Å². The third-order valence-corrected chi connectivity index (χ3v) is 4.36. The van der Waals surface area contributed by atoms with Gasteiger partial charge < -0.3 is 10.2 Å². The number of hydrogen-bond donors (Lipinski definition) is 1. The Kier molecular flexibility index (Phi) is 7.21. The number of para-hydroxylation sites is 1. The van der Waals surface area contributed by atoms with E-state index in [2.05, 4.69) is 26.1 Å². The van der Waals surface area contributed by atoms with Crippen molar-refractivity contribution in [2.45, 2.75) is 0 Å². The Morgan fingerprint density at radius 1 is 1.00 bits per heavy atom. The lowest BCUT2D eigenvalue weighted by Gasteiger charge is -2.23. The van der Waals surface area contributed by atoms with E-state index in [1.54, 1.807) is 12.1 Å². The SMILES string of the molecule is O=C(Nc1ccccc1Br)c1ccc(N(CCCl)CCCl)cc1. The van der Waals surface area contributed by atoms with Crippen LogP contribution in [0.25, 0.3) is 0 Å². The maximum absolute atomic E-state index is 12.3. The summed E-state index contributed by atoms with van der Waals surface area (Å²) in [5.41, 5.74) is 2.34. The van der Waals surface area contributed by atoms with Gasteiger partial charge >= 0.3 is 0 Å². The second-order valence-corrected chi connectivity index (χ2v) is 6.46. The Morgan fingerprint density at radius 3 is 2.17 bits per heavy atom. The van der Waals surface area contributed by atoms with Gasteiger partial charge in [0.2, 0.25) is 0 Å². The van der Waals surface area contributed by atoms with Crippen LogP contribution >= 0.6 is 39.1 Å². The summed E-state index contributed by atoms with van der Waals surface area (Å²) >= 11 is 15.0. The van der Waals surface area contributed by atoms with Crippen LogP contribution in [0.15, 0.2) is 53.0 Å². The zero-order valence-electron chi connectivity index (χ0n) is 12.4. The molecule has 1 N–H and O–H groups in total. The third-order valence-electron chi connectivity index (χ3n) is 3.33. The minimum Gasteiger partial charge on any atom is -0.369 e. The summed E-state index contributed by atoms with van der Waals surface area (Å²) in [5, 5.41) is 2.88. The van der Waals surface area contributed by atoms with E-state index in [0.717, 1.165) is 28.9 Å². The molecule has 0 atom stereocenters. The molecule has 0 fully saturated rings. The molecular formula is C17H17BrCl2N2O. The Labute approximate surface area is 154 Å². The third kappa shape index (κ3) is 5.13. The molecule has 0 aliphatic rings. The number of anilines is 2. The summed E-state index contributed by atoms with van der Waals surface area (Å²) in [6.07, 6.45) is 0. The highest BCUT2D eigenvalue weighted by Crippen LogP contribution is 2.22. The van der Waals surface area contributed by atoms with Crippen molar-refractivity contribution in [3.8, 4) is 0 Å². The number of amides is 1. The van der Waals surface area contributed by atoms with Crippen LogP contribution in [0.2, 0.25) is 0 Å². The monoisotopic (exact) mass is 414 g/mol. The zero-order valence-corrected chi connectivity index (χ0v) is 15.5. The van der Waals surface area contributed by atoms with Crippen LogP contribution in [0.5, 0.6) is 0 Å². The minimum absolute atomic E-state index is 0.148. The number of rotatable bonds is 7. The molecule has 0 spiro atoms. The van der Waals surface area contributed by atoms with Crippen molar-refractivity contribution in [3.05, 3.63) is 58.6 Å². The van der Waals surface area contributed by atoms with Crippen LogP contribution < -0.4 is 10.2 Å². The molecule has 23 heavy (non-hydrogen) atoms. The van der Waals surface area contributed by atoms with Crippen molar-refractivity contribution in [3.63, 3.8) is 0 Å². The minimum atomic E-state index is -0.148. The van der Waals surface area contributed by atoms with Gasteiger partial charge in [-0.3, -0.25) is 4.79 Å². The molecule has 0 saturated carbocycles. The van der Waals surface area contributed by atoms with Gasteiger partial charge in [0.1, 0.15) is 0 Å². The van der Waals surface area contributed by atoms with Crippen LogP contribution in [0.3, 0.4) is 0 Å². The van der Waals surface area contributed by atoms with Gasteiger partial charge in [0.25, 0.3) is 5.91 Å². The first-order chi connectivity index (χ1) is 11.2. The highest BCUT2D eigenvalue weighted by molar-refractivity contribution is 9.10. The number of carbonyl (C=O) groups excluding carboxylic acids is 1. The quantitative estimate of drug-likeness (QED) is 0.646. The van der Waals surface area contributed by atoms with Gasteiger partial charge in [0, 0.05) is 40.6 Å². The lowest BCUT2D eigenvalue weighted by molar-refractivity contribution is 0.102. The molecule has 0 heterocycles. The Hall–Kier alpha value is -1.23. The molecule has 3 nitrogen and oxygen atoms in total. The van der Waals surface area contributed by atoms with Gasteiger partial charge in [0.05, 0.1) is 5.69 Å². The van der Waals surface area contributed by atoms with Crippen LogP contribution in [0, 0.1) is 0 Å². The molecule has 2 aromatic rings. The maximum Gasteiger partial charge on any atom is 0.255 e. The molecule has 1 amide bonds. The van der Waals surface area contributed by atoms with Gasteiger partial charge in [-0.25, -0.2) is 0 Å². The van der Waals surface area contributed by atoms with Gasteiger partial charge in [-0.2, -0.15) is 0 Å². The molecule has 2 aromatic carbocycles. The second-order valence-electron chi connectivity index (χ2n) is 4.85. The van der Waals surface area contributed by atoms with Crippen LogP contribution in [0.4, 0.5) is 11.4 Å². The average Bonchev–Trinajstić information content (AvgIpc) is 2.57. The molecule has 0 aliphatic heterocycles. The molecule has 0 saturated heterocycles. The normalized spacial score (nSPS) is 10.4. The summed E-state index contributed by atoms with van der Waals surface area (Å²) in [5.74, 6) is 0.909. The first kappa shape index (κ1) is 18.1. The number of hydrogen-bond acceptors (Lipinski definition) is 2. The number of benzene rings is 2. The highest BCUT2D eigenvalue weighted by Gasteiger charge is 2.10. The fraction of sp³-hybridized carbons (Fsp3) is 0.235. The van der Waals surface area contributed by atoms with E-state index in [0.29, 0.717) is 17.3 Å². The number of nitrogens with one attached hydrogen (secondary N) is 1. The van der Waals surface area contributed by atoms with Crippen LogP contribution in [-0.4, -0.2) is 30.8 Å². The molecule has 0 unspecified atom stereocenters. The smallest absolute Gasteiger partial charge is 0.255 e. The molecule has 0 bridgehead atoms. The first-order valence-corrected chi connectivity index (χ1v) is 9.04. The Balaban J connectivity index is 2.09. The summed E-state index contributed by atoms with van der Waals surface area (Å²) in [6, 6.07) is 14.9. The summed E-state index contributed by atoms with van der Waals surface area (Å²) in [4.78, 5) is 14.4. The van der Waals surface area contributed by atoms with Crippen molar-refractivity contribution in [1.29, 1.82) is 0 Å². The topological polar surface area (TPSA) is 32.3 Å². The Bertz CT molecular complexity index is 643. The predicted octanol–water partition coefficient (Wildman–Crippen LogP) is 4.99. The molecule has 6 heteroatoms. The van der Waals surface area contributed by atoms with Crippen molar-refractivity contribution in [2.24, 2.45) is 0 Å². The largest absolute Gasteiger partial charge is 0.369 e. The summed E-state index contributed by atoms with van der Waals surface area (Å²) in [6.45, 7) is 1.44. The molecular weight excluding hydrogens is 399 g/mol. The van der Waals surface area contributed by atoms with E-state index >= 15 is 0 Å². The van der Waals surface area contributed by atoms with Crippen LogP contribution in [0.1, 0.15) is 10.4 Å². The second kappa shape index (κ2) is 9.16. The van der Waals surface area contributed by atoms with E-state index in [1.807, 2.05) is 36.4 Å². The van der Waals surface area contributed by atoms with Crippen LogP contribution in [-0.2, 0) is 0 Å². The van der Waals surface area contributed by atoms with Gasteiger partial charge in [-0.05, 0) is 52.3 Å². The summed E-state index contributed by atoms with van der Waals surface area (Å²) < 4.78 is 0.848. The fourth-order valence-electron chi connectivity index (χ4n) is 2.15. The Morgan fingerprint density at radius 2 is 1.61 bits per heavy atom. The highest BCUT2D eigenvalue weighted by atomic mass is 79.9. The molecule has 2 rings (SSSR count). The molecule has 0 aliphatic carbocycles. The van der Waals surface area contributed by atoms with E-state index in [4.69, 9.17) is 23.2 Å². The maximum atomic E-state index is 12.3. The van der Waals surface area contributed by atoms with E-state index in [-0.39, 0.29) is 5.91 Å². The number of carbonyl (C=O) groups is 1. The fourth-order valence-corrected chi connectivity index (χ4v) is 2.95. The molecule has 0 radical (unpaired) electrons. The lowest BCUT2D eigenvalue weighted by Crippen LogP contribution is -2.27. The predicted molar refractivity (Wildman–Crippen MR) is 102 cm³/mol. The summed E-state index contributed by atoms with van der Waals surface area (Å²) in [7, 11) is 0. The van der Waals surface area contributed by atoms with E-state index < -0.39 is 0 Å². The van der Waals surface area contributed by atoms with Crippen molar-refractivity contribution < 1.29 is 4.79 Å². The standard InChI is InChI=1S/C17H17BrCl2N2O/c18-15-3-1-2-4-16(15)21-17(23)13-5-7-14(8-6-13)22(11-9-19)12-10-20/h1-8H,9-12H2,(H,21,23). The van der Waals surface area contributed by atoms with Gasteiger partial charge in [-0.15, -0.1) is 23.2 Å². The number of nitrogens with zero attached hydrogens (tertiary/aromatic N) is 1. The number of alkyl halides is 2. The van der Waals surface area contributed by atoms with E-state index in [1.165, 1.54) is 0 Å². The zero-order chi connectivity index (χ0) is 16.7. The van der Waals surface area contributed by atoms with Gasteiger partial charge in [-0.1, -0.05) is 12.1 Å². The first-order valence-electron chi connectivity index (χ1n) is 7.18.